The fourth-order valence-electron chi connectivity index (χ4n) is 4.74. The molecule has 1 aliphatic heterocycles. The molecular weight excluding hydrogens is 502 g/mol. The van der Waals surface area contributed by atoms with Crippen LogP contribution < -0.4 is 10.2 Å². The summed E-state index contributed by atoms with van der Waals surface area (Å²) in [5, 5.41) is 17.8. The molecule has 0 fully saturated rings. The standard InChI is InChI=1S/C32H23N5OS/c33-21-27-31(38)34-30(36(32(27)39)25-14-8-3-9-15-25)24-16-18-26(19-17-24)37-29(23-12-6-2-7-13-23)20-28(35-37)22-10-4-1-5-11-22/h1-20,30,39H,(H,34,38)/t30-/m1/s1. The molecule has 0 unspecified atom stereocenters. The number of nitriles is 1. The number of carbonyl (C=O) groups excluding carboxylic acids is 1. The topological polar surface area (TPSA) is 74.0 Å². The second-order valence-electron chi connectivity index (χ2n) is 9.04. The van der Waals surface area contributed by atoms with Crippen LogP contribution in [0.15, 0.2) is 132 Å². The van der Waals surface area contributed by atoms with E-state index < -0.39 is 12.1 Å². The first-order valence-electron chi connectivity index (χ1n) is 12.4. The molecule has 2 heterocycles. The van der Waals surface area contributed by atoms with Crippen LogP contribution in [-0.2, 0) is 4.79 Å². The van der Waals surface area contributed by atoms with Gasteiger partial charge in [0, 0.05) is 16.8 Å². The third kappa shape index (κ3) is 4.58. The van der Waals surface area contributed by atoms with E-state index in [1.165, 1.54) is 0 Å². The quantitative estimate of drug-likeness (QED) is 0.257. The van der Waals surface area contributed by atoms with Gasteiger partial charge in [0.15, 0.2) is 0 Å². The molecular formula is C32H23N5OS. The van der Waals surface area contributed by atoms with Crippen LogP contribution in [0.2, 0.25) is 0 Å². The van der Waals surface area contributed by atoms with E-state index in [9.17, 15) is 10.1 Å². The maximum absolute atomic E-state index is 12.7. The van der Waals surface area contributed by atoms with Crippen molar-refractivity contribution < 1.29 is 4.79 Å². The van der Waals surface area contributed by atoms with Crippen molar-refractivity contribution in [2.45, 2.75) is 6.17 Å². The highest BCUT2D eigenvalue weighted by Crippen LogP contribution is 2.36. The molecule has 1 atom stereocenters. The fraction of sp³-hybridized carbons (Fsp3) is 0.0312. The fourth-order valence-corrected chi connectivity index (χ4v) is 5.12. The number of hydrogen-bond acceptors (Lipinski definition) is 5. The molecule has 1 aromatic heterocycles. The maximum Gasteiger partial charge on any atom is 0.266 e. The molecule has 6 nitrogen and oxygen atoms in total. The number of carbonyl (C=O) groups is 1. The lowest BCUT2D eigenvalue weighted by Crippen LogP contribution is -2.46. The van der Waals surface area contributed by atoms with Crippen molar-refractivity contribution in [3.8, 4) is 34.3 Å². The Hall–Kier alpha value is -5.06. The first kappa shape index (κ1) is 24.3. The molecule has 0 saturated carbocycles. The van der Waals surface area contributed by atoms with E-state index in [0.29, 0.717) is 5.03 Å². The Morgan fingerprint density at radius 3 is 1.97 bits per heavy atom. The molecule has 0 spiro atoms. The highest BCUT2D eigenvalue weighted by Gasteiger charge is 2.34. The van der Waals surface area contributed by atoms with Gasteiger partial charge in [-0.3, -0.25) is 4.79 Å². The number of thiol groups is 1. The second kappa shape index (κ2) is 10.4. The van der Waals surface area contributed by atoms with E-state index >= 15 is 0 Å². The Bertz CT molecular complexity index is 1710. The molecule has 0 aliphatic carbocycles. The van der Waals surface area contributed by atoms with Gasteiger partial charge in [-0.15, -0.1) is 12.6 Å². The summed E-state index contributed by atoms with van der Waals surface area (Å²) in [7, 11) is 0. The van der Waals surface area contributed by atoms with E-state index in [1.54, 1.807) is 0 Å². The molecule has 6 rings (SSSR count). The van der Waals surface area contributed by atoms with Crippen molar-refractivity contribution in [1.29, 1.82) is 5.26 Å². The minimum absolute atomic E-state index is 0.0208. The SMILES string of the molecule is N#CC1=C(S)N(c2ccccc2)[C@H](c2ccc(-n3nc(-c4ccccc4)cc3-c3ccccc3)cc2)NC1=O. The van der Waals surface area contributed by atoms with E-state index in [0.717, 1.165) is 39.5 Å². The summed E-state index contributed by atoms with van der Waals surface area (Å²) < 4.78 is 1.94. The smallest absolute Gasteiger partial charge is 0.266 e. The van der Waals surface area contributed by atoms with Gasteiger partial charge >= 0.3 is 0 Å². The van der Waals surface area contributed by atoms with Crippen molar-refractivity contribution in [3.63, 3.8) is 0 Å². The number of hydrogen-bond donors (Lipinski definition) is 2. The molecule has 1 aliphatic rings. The van der Waals surface area contributed by atoms with Gasteiger partial charge in [-0.25, -0.2) is 4.68 Å². The Morgan fingerprint density at radius 2 is 1.36 bits per heavy atom. The Kier molecular flexibility index (Phi) is 6.45. The van der Waals surface area contributed by atoms with Crippen LogP contribution in [0.3, 0.4) is 0 Å². The molecule has 188 valence electrons. The van der Waals surface area contributed by atoms with Crippen LogP contribution in [0.5, 0.6) is 0 Å². The minimum atomic E-state index is -0.537. The van der Waals surface area contributed by atoms with Crippen LogP contribution >= 0.6 is 12.6 Å². The summed E-state index contributed by atoms with van der Waals surface area (Å²) in [4.78, 5) is 14.6. The third-order valence-electron chi connectivity index (χ3n) is 6.65. The van der Waals surface area contributed by atoms with Crippen LogP contribution in [0.1, 0.15) is 11.7 Å². The number of anilines is 1. The van der Waals surface area contributed by atoms with Crippen LogP contribution in [0.4, 0.5) is 5.69 Å². The summed E-state index contributed by atoms with van der Waals surface area (Å²) in [5.74, 6) is -0.449. The van der Waals surface area contributed by atoms with Crippen LogP contribution in [-0.4, -0.2) is 15.7 Å². The van der Waals surface area contributed by atoms with Crippen LogP contribution in [0, 0.1) is 11.3 Å². The normalized spacial score (nSPS) is 15.1. The Labute approximate surface area is 231 Å². The molecule has 0 saturated heterocycles. The lowest BCUT2D eigenvalue weighted by atomic mass is 10.1. The molecule has 0 bridgehead atoms. The highest BCUT2D eigenvalue weighted by molar-refractivity contribution is 7.84. The second-order valence-corrected chi connectivity index (χ2v) is 9.47. The summed E-state index contributed by atoms with van der Waals surface area (Å²) in [6.07, 6.45) is -0.537. The average molecular weight is 526 g/mol. The number of amides is 1. The number of nitrogens with zero attached hydrogens (tertiary/aromatic N) is 4. The molecule has 1 amide bonds. The zero-order valence-electron chi connectivity index (χ0n) is 20.8. The van der Waals surface area contributed by atoms with Gasteiger partial charge in [-0.2, -0.15) is 10.4 Å². The van der Waals surface area contributed by atoms with E-state index in [4.69, 9.17) is 5.10 Å². The van der Waals surface area contributed by atoms with Crippen molar-refractivity contribution in [3.05, 3.63) is 137 Å². The van der Waals surface area contributed by atoms with Crippen molar-refractivity contribution >= 4 is 24.2 Å². The van der Waals surface area contributed by atoms with Crippen molar-refractivity contribution in [2.24, 2.45) is 0 Å². The van der Waals surface area contributed by atoms with Gasteiger partial charge in [-0.1, -0.05) is 91.0 Å². The number of nitrogens with one attached hydrogen (secondary N) is 1. The minimum Gasteiger partial charge on any atom is -0.327 e. The molecule has 4 aromatic carbocycles. The summed E-state index contributed by atoms with van der Waals surface area (Å²) in [6.45, 7) is 0. The number of para-hydroxylation sites is 1. The summed E-state index contributed by atoms with van der Waals surface area (Å²) >= 11 is 4.59. The van der Waals surface area contributed by atoms with E-state index in [-0.39, 0.29) is 5.57 Å². The molecule has 0 radical (unpaired) electrons. The third-order valence-corrected chi connectivity index (χ3v) is 7.09. The first-order chi connectivity index (χ1) is 19.1. The Balaban J connectivity index is 1.42. The van der Waals surface area contributed by atoms with E-state index in [1.807, 2.05) is 119 Å². The molecule has 5 aromatic rings. The summed E-state index contributed by atoms with van der Waals surface area (Å²) in [5.41, 5.74) is 6.46. The highest BCUT2D eigenvalue weighted by atomic mass is 32.1. The molecule has 39 heavy (non-hydrogen) atoms. The molecule has 7 heteroatoms. The monoisotopic (exact) mass is 525 g/mol. The largest absolute Gasteiger partial charge is 0.327 e. The lowest BCUT2D eigenvalue weighted by Gasteiger charge is -2.38. The van der Waals surface area contributed by atoms with Crippen molar-refractivity contribution in [2.75, 3.05) is 4.90 Å². The number of rotatable bonds is 5. The zero-order valence-corrected chi connectivity index (χ0v) is 21.7. The van der Waals surface area contributed by atoms with Gasteiger partial charge in [0.1, 0.15) is 17.8 Å². The lowest BCUT2D eigenvalue weighted by molar-refractivity contribution is -0.118. The maximum atomic E-state index is 12.7. The average Bonchev–Trinajstić information content (AvgIpc) is 3.44. The van der Waals surface area contributed by atoms with Gasteiger partial charge in [0.05, 0.1) is 22.1 Å². The first-order valence-corrected chi connectivity index (χ1v) is 12.9. The zero-order chi connectivity index (χ0) is 26.8. The number of aromatic nitrogens is 2. The van der Waals surface area contributed by atoms with Gasteiger partial charge < -0.3 is 10.2 Å². The Morgan fingerprint density at radius 1 is 0.769 bits per heavy atom. The summed E-state index contributed by atoms with van der Waals surface area (Å²) in [6, 6.07) is 41.8. The van der Waals surface area contributed by atoms with Gasteiger partial charge in [-0.05, 0) is 35.9 Å². The van der Waals surface area contributed by atoms with Gasteiger partial charge in [0.2, 0.25) is 0 Å². The molecule has 1 N–H and O–H groups in total. The predicted octanol–water partition coefficient (Wildman–Crippen LogP) is 6.51. The van der Waals surface area contributed by atoms with Crippen LogP contribution in [0.25, 0.3) is 28.2 Å². The van der Waals surface area contributed by atoms with Gasteiger partial charge in [0.25, 0.3) is 5.91 Å². The van der Waals surface area contributed by atoms with Crippen molar-refractivity contribution in [1.82, 2.24) is 15.1 Å². The number of benzene rings is 4. The van der Waals surface area contributed by atoms with E-state index in [2.05, 4.69) is 36.1 Å². The predicted molar refractivity (Wildman–Crippen MR) is 156 cm³/mol.